The molecule has 34 heavy (non-hydrogen) atoms. The van der Waals surface area contributed by atoms with Crippen LogP contribution in [0.5, 0.6) is 0 Å². The molecular formula is C30H29BrOSiTe. The van der Waals surface area contributed by atoms with E-state index in [1.807, 2.05) is 0 Å². The van der Waals surface area contributed by atoms with Crippen molar-refractivity contribution >= 4 is 52.4 Å². The molecular weight excluding hydrogens is 612 g/mol. The monoisotopic (exact) mass is 642 g/mol. The fourth-order valence-electron chi connectivity index (χ4n) is 3.92. The molecule has 0 aliphatic carbocycles. The van der Waals surface area contributed by atoms with Crippen molar-refractivity contribution in [3.05, 3.63) is 143 Å². The van der Waals surface area contributed by atoms with Crippen LogP contribution in [0.3, 0.4) is 0 Å². The van der Waals surface area contributed by atoms with Gasteiger partial charge < -0.3 is 0 Å². The van der Waals surface area contributed by atoms with E-state index in [1.165, 1.54) is 23.9 Å². The summed E-state index contributed by atoms with van der Waals surface area (Å²) in [7, 11) is -1.96. The molecule has 0 fully saturated rings. The molecule has 0 aliphatic rings. The molecule has 4 aromatic carbocycles. The zero-order chi connectivity index (χ0) is 24.0. The van der Waals surface area contributed by atoms with E-state index in [9.17, 15) is 0 Å². The molecule has 0 atom stereocenters. The third-order valence-electron chi connectivity index (χ3n) is 5.31. The van der Waals surface area contributed by atoms with Crippen molar-refractivity contribution in [2.24, 2.45) is 0 Å². The summed E-state index contributed by atoms with van der Waals surface area (Å²) in [5.74, 6) is 0. The maximum atomic E-state index is 7.19. The first-order chi connectivity index (χ1) is 16.4. The van der Waals surface area contributed by atoms with E-state index in [2.05, 4.69) is 157 Å². The summed E-state index contributed by atoms with van der Waals surface area (Å²) in [6.07, 6.45) is 2.42. The van der Waals surface area contributed by atoms with E-state index in [0.29, 0.717) is 0 Å². The fraction of sp³-hybridized carbons (Fsp3) is 0.133. The van der Waals surface area contributed by atoms with Gasteiger partial charge in [-0.15, -0.1) is 0 Å². The van der Waals surface area contributed by atoms with Gasteiger partial charge in [0.05, 0.1) is 0 Å². The Morgan fingerprint density at radius 3 is 1.65 bits per heavy atom. The summed E-state index contributed by atoms with van der Waals surface area (Å²) in [4.78, 5) is 0. The van der Waals surface area contributed by atoms with Crippen LogP contribution in [0.15, 0.2) is 126 Å². The number of halogens is 1. The van der Waals surface area contributed by atoms with Gasteiger partial charge in [0, 0.05) is 0 Å². The second kappa shape index (κ2) is 11.2. The van der Waals surface area contributed by atoms with Crippen LogP contribution in [-0.4, -0.2) is 29.2 Å². The molecule has 0 N–H and O–H groups in total. The first-order valence-electron chi connectivity index (χ1n) is 11.4. The minimum atomic E-state index is -1.96. The Balaban J connectivity index is 1.99. The summed E-state index contributed by atoms with van der Waals surface area (Å²) < 4.78 is 11.1. The molecule has 4 heteroatoms. The Bertz CT molecular complexity index is 1180. The van der Waals surface area contributed by atoms with E-state index in [-0.39, 0.29) is 0 Å². The molecule has 172 valence electrons. The third-order valence-corrected chi connectivity index (χ3v) is 9.86. The Morgan fingerprint density at radius 1 is 0.706 bits per heavy atom. The van der Waals surface area contributed by atoms with Crippen LogP contribution in [0.1, 0.15) is 16.7 Å². The van der Waals surface area contributed by atoms with Gasteiger partial charge in [-0.2, -0.15) is 0 Å². The van der Waals surface area contributed by atoms with Crippen LogP contribution in [0.25, 0.3) is 3.62 Å². The van der Waals surface area contributed by atoms with Gasteiger partial charge in [-0.1, -0.05) is 0 Å². The molecule has 0 unspecified atom stereocenters. The van der Waals surface area contributed by atoms with E-state index < -0.39 is 34.8 Å². The Kier molecular flexibility index (Phi) is 8.29. The van der Waals surface area contributed by atoms with Crippen LogP contribution in [0.4, 0.5) is 0 Å². The predicted molar refractivity (Wildman–Crippen MR) is 152 cm³/mol. The minimum absolute atomic E-state index is 0.658. The summed E-state index contributed by atoms with van der Waals surface area (Å²) in [6.45, 7) is 6.82. The van der Waals surface area contributed by atoms with Crippen LogP contribution in [0, 0.1) is 0 Å². The van der Waals surface area contributed by atoms with Crippen molar-refractivity contribution in [2.75, 3.05) is 0 Å². The van der Waals surface area contributed by atoms with Crippen molar-refractivity contribution in [1.82, 2.24) is 0 Å². The molecule has 4 aromatic rings. The van der Waals surface area contributed by atoms with E-state index in [0.717, 1.165) is 4.47 Å². The molecule has 0 radical (unpaired) electrons. The fourth-order valence-corrected chi connectivity index (χ4v) is 8.37. The van der Waals surface area contributed by atoms with Crippen LogP contribution in [0.2, 0.25) is 19.6 Å². The van der Waals surface area contributed by atoms with E-state index in [4.69, 9.17) is 4.43 Å². The third kappa shape index (κ3) is 6.39. The van der Waals surface area contributed by atoms with Crippen LogP contribution >= 0.6 is 15.9 Å². The van der Waals surface area contributed by atoms with E-state index >= 15 is 0 Å². The second-order valence-electron chi connectivity index (χ2n) is 9.11. The molecule has 0 saturated carbocycles. The normalized spacial score (nSPS) is 12.5. The molecule has 1 nitrogen and oxygen atoms in total. The zero-order valence-electron chi connectivity index (χ0n) is 19.7. The molecule has 0 saturated heterocycles. The second-order valence-corrected chi connectivity index (χ2v) is 17.6. The van der Waals surface area contributed by atoms with Crippen molar-refractivity contribution in [2.45, 2.75) is 25.2 Å². The van der Waals surface area contributed by atoms with Gasteiger partial charge in [0.1, 0.15) is 0 Å². The number of hydrogen-bond acceptors (Lipinski definition) is 1. The molecule has 0 amide bonds. The van der Waals surface area contributed by atoms with Crippen molar-refractivity contribution in [3.63, 3.8) is 0 Å². The van der Waals surface area contributed by atoms with Gasteiger partial charge >= 0.3 is 225 Å². The maximum absolute atomic E-state index is 7.19. The van der Waals surface area contributed by atoms with Gasteiger partial charge in [0.25, 0.3) is 0 Å². The van der Waals surface area contributed by atoms with Crippen molar-refractivity contribution in [3.8, 4) is 0 Å². The quantitative estimate of drug-likeness (QED) is 0.180. The summed E-state index contributed by atoms with van der Waals surface area (Å²) in [5, 5.41) is 0. The average Bonchev–Trinajstić information content (AvgIpc) is 2.84. The summed E-state index contributed by atoms with van der Waals surface area (Å²) >= 11 is 2.94. The van der Waals surface area contributed by atoms with Gasteiger partial charge in [-0.25, -0.2) is 0 Å². The van der Waals surface area contributed by atoms with Gasteiger partial charge in [-0.3, -0.25) is 0 Å². The van der Waals surface area contributed by atoms with Crippen molar-refractivity contribution < 1.29 is 4.43 Å². The number of hydrogen-bond donors (Lipinski definition) is 0. The van der Waals surface area contributed by atoms with Gasteiger partial charge in [0.15, 0.2) is 0 Å². The number of rotatable bonds is 8. The zero-order valence-corrected chi connectivity index (χ0v) is 24.7. The first kappa shape index (κ1) is 25.2. The Hall–Kier alpha value is -1.93. The average molecular weight is 641 g/mol. The molecule has 0 bridgehead atoms. The molecule has 0 spiro atoms. The Morgan fingerprint density at radius 2 is 1.18 bits per heavy atom. The Labute approximate surface area is 223 Å². The SMILES string of the molecule is C[Si](C)(C)OC(C=C([Te]c1ccccc1)c1ccc(Br)cc1)(c1ccccc1)c1ccccc1. The standard InChI is InChI=1S/C30H29BrOSiTe/c1-33(2,3)32-30(25-13-7-4-8-14-25,26-15-9-5-10-16-26)23-29(24-19-21-27(31)22-20-24)34-28-17-11-6-12-18-28/h4-23H,1-3H3. The molecule has 4 rings (SSSR count). The molecule has 0 aliphatic heterocycles. The molecule has 0 aromatic heterocycles. The topological polar surface area (TPSA) is 9.23 Å². The molecule has 0 heterocycles. The summed E-state index contributed by atoms with van der Waals surface area (Å²) in [5.41, 5.74) is 2.93. The van der Waals surface area contributed by atoms with Gasteiger partial charge in [-0.05, 0) is 0 Å². The first-order valence-corrected chi connectivity index (χ1v) is 17.9. The van der Waals surface area contributed by atoms with Crippen molar-refractivity contribution in [1.29, 1.82) is 0 Å². The van der Waals surface area contributed by atoms with E-state index in [1.54, 1.807) is 0 Å². The number of benzene rings is 4. The predicted octanol–water partition coefficient (Wildman–Crippen LogP) is 7.62. The van der Waals surface area contributed by atoms with Gasteiger partial charge in [0.2, 0.25) is 0 Å². The summed E-state index contributed by atoms with van der Waals surface area (Å²) in [6, 6.07) is 41.0. The van der Waals surface area contributed by atoms with Crippen LogP contribution in [-0.2, 0) is 10.0 Å². The van der Waals surface area contributed by atoms with Crippen LogP contribution < -0.4 is 3.61 Å².